The first-order valence-electron chi connectivity index (χ1n) is 4.47. The molecule has 0 amide bonds. The Kier molecular flexibility index (Phi) is 3.14. The van der Waals surface area contributed by atoms with Crippen molar-refractivity contribution < 1.29 is 0 Å². The van der Waals surface area contributed by atoms with Crippen LogP contribution in [0.2, 0.25) is 0 Å². The minimum Gasteiger partial charge on any atom is -0.373 e. The fraction of sp³-hybridized carbons (Fsp3) is 0.100. The number of hydrogen-bond acceptors (Lipinski definition) is 5. The van der Waals surface area contributed by atoms with E-state index in [9.17, 15) is 0 Å². The van der Waals surface area contributed by atoms with Gasteiger partial charge in [-0.15, -0.1) is 0 Å². The maximum atomic E-state index is 4.14. The Balaban J connectivity index is 2.17. The number of hydrogen-bond donors (Lipinski definition) is 1. The smallest absolute Gasteiger partial charge is 0.192 e. The van der Waals surface area contributed by atoms with Crippen LogP contribution in [0.5, 0.6) is 0 Å². The zero-order chi connectivity index (χ0) is 10.5. The van der Waals surface area contributed by atoms with E-state index in [0.717, 1.165) is 15.9 Å². The average Bonchev–Trinajstić information content (AvgIpc) is 2.31. The van der Waals surface area contributed by atoms with Gasteiger partial charge in [-0.2, -0.15) is 0 Å². The number of nitrogens with zero attached hydrogens (tertiary/aromatic N) is 3. The highest BCUT2D eigenvalue weighted by Crippen LogP contribution is 2.24. The molecule has 0 aliphatic rings. The Morgan fingerprint density at radius 2 is 1.93 bits per heavy atom. The predicted octanol–water partition coefficient (Wildman–Crippen LogP) is 2.06. The summed E-state index contributed by atoms with van der Waals surface area (Å²) >= 11 is 1.51. The molecule has 2 heterocycles. The van der Waals surface area contributed by atoms with E-state index in [1.165, 1.54) is 11.8 Å². The van der Waals surface area contributed by atoms with E-state index in [1.807, 2.05) is 19.2 Å². The van der Waals surface area contributed by atoms with Crippen molar-refractivity contribution in [3.63, 3.8) is 0 Å². The van der Waals surface area contributed by atoms with Gasteiger partial charge in [0, 0.05) is 30.5 Å². The Hall–Kier alpha value is -1.62. The third-order valence-corrected chi connectivity index (χ3v) is 2.62. The minimum absolute atomic E-state index is 0.741. The van der Waals surface area contributed by atoms with Gasteiger partial charge in [-0.05, 0) is 30.0 Å². The summed E-state index contributed by atoms with van der Waals surface area (Å²) in [5.41, 5.74) is 0. The molecule has 1 N–H and O–H groups in total. The summed E-state index contributed by atoms with van der Waals surface area (Å²) in [6.45, 7) is 0. The number of rotatable bonds is 3. The molecule has 15 heavy (non-hydrogen) atoms. The van der Waals surface area contributed by atoms with Crippen LogP contribution in [0.15, 0.2) is 46.8 Å². The van der Waals surface area contributed by atoms with Crippen LogP contribution in [-0.2, 0) is 0 Å². The lowest BCUT2D eigenvalue weighted by atomic mass is 10.5. The molecule has 0 aromatic carbocycles. The monoisotopic (exact) mass is 218 g/mol. The summed E-state index contributed by atoms with van der Waals surface area (Å²) in [7, 11) is 1.84. The van der Waals surface area contributed by atoms with E-state index in [0.29, 0.717) is 0 Å². The second-order valence-corrected chi connectivity index (χ2v) is 3.80. The van der Waals surface area contributed by atoms with Gasteiger partial charge in [0.2, 0.25) is 0 Å². The third-order valence-electron chi connectivity index (χ3n) is 1.74. The SMILES string of the molecule is CNc1cc(Sc2ncccn2)ccn1. The van der Waals surface area contributed by atoms with Crippen LogP contribution in [-0.4, -0.2) is 22.0 Å². The molecule has 2 aromatic heterocycles. The Labute approximate surface area is 92.2 Å². The molecular formula is C10H10N4S. The van der Waals surface area contributed by atoms with Crippen LogP contribution >= 0.6 is 11.8 Å². The summed E-state index contributed by atoms with van der Waals surface area (Å²) < 4.78 is 0. The van der Waals surface area contributed by atoms with E-state index >= 15 is 0 Å². The van der Waals surface area contributed by atoms with Crippen molar-refractivity contribution in [3.05, 3.63) is 36.8 Å². The molecule has 76 valence electrons. The summed E-state index contributed by atoms with van der Waals surface area (Å²) in [6, 6.07) is 5.69. The van der Waals surface area contributed by atoms with E-state index in [1.54, 1.807) is 24.7 Å². The van der Waals surface area contributed by atoms with E-state index < -0.39 is 0 Å². The largest absolute Gasteiger partial charge is 0.373 e. The molecule has 0 atom stereocenters. The highest BCUT2D eigenvalue weighted by Gasteiger charge is 2.00. The lowest BCUT2D eigenvalue weighted by molar-refractivity contribution is 0.966. The molecule has 0 saturated heterocycles. The fourth-order valence-corrected chi connectivity index (χ4v) is 1.79. The van der Waals surface area contributed by atoms with Gasteiger partial charge in [0.15, 0.2) is 5.16 Å². The lowest BCUT2D eigenvalue weighted by Crippen LogP contribution is -1.91. The first-order chi connectivity index (χ1) is 7.38. The molecule has 0 saturated carbocycles. The second kappa shape index (κ2) is 4.75. The van der Waals surface area contributed by atoms with Crippen LogP contribution in [0.4, 0.5) is 5.82 Å². The number of aromatic nitrogens is 3. The Morgan fingerprint density at radius 3 is 2.67 bits per heavy atom. The second-order valence-electron chi connectivity index (χ2n) is 2.76. The molecule has 2 rings (SSSR count). The summed E-state index contributed by atoms with van der Waals surface area (Å²) in [6.07, 6.45) is 5.22. The molecule has 0 fully saturated rings. The van der Waals surface area contributed by atoms with Gasteiger partial charge in [-0.25, -0.2) is 15.0 Å². The zero-order valence-electron chi connectivity index (χ0n) is 8.21. The fourth-order valence-electron chi connectivity index (χ4n) is 1.05. The van der Waals surface area contributed by atoms with E-state index in [4.69, 9.17) is 0 Å². The zero-order valence-corrected chi connectivity index (χ0v) is 9.03. The number of nitrogens with one attached hydrogen (secondary N) is 1. The maximum Gasteiger partial charge on any atom is 0.192 e. The van der Waals surface area contributed by atoms with Crippen LogP contribution in [0.3, 0.4) is 0 Å². The molecule has 0 radical (unpaired) electrons. The van der Waals surface area contributed by atoms with Crippen LogP contribution in [0.25, 0.3) is 0 Å². The molecular weight excluding hydrogens is 208 g/mol. The first-order valence-corrected chi connectivity index (χ1v) is 5.29. The molecule has 0 unspecified atom stereocenters. The van der Waals surface area contributed by atoms with Gasteiger partial charge in [-0.3, -0.25) is 0 Å². The third kappa shape index (κ3) is 2.66. The van der Waals surface area contributed by atoms with E-state index in [2.05, 4.69) is 20.3 Å². The van der Waals surface area contributed by atoms with Crippen LogP contribution in [0, 0.1) is 0 Å². The molecule has 0 spiro atoms. The molecule has 0 aliphatic carbocycles. The van der Waals surface area contributed by atoms with Gasteiger partial charge >= 0.3 is 0 Å². The summed E-state index contributed by atoms with van der Waals surface area (Å²) in [5.74, 6) is 0.843. The molecule has 5 heteroatoms. The molecule has 0 bridgehead atoms. The highest BCUT2D eigenvalue weighted by atomic mass is 32.2. The van der Waals surface area contributed by atoms with Crippen molar-refractivity contribution in [1.29, 1.82) is 0 Å². The van der Waals surface area contributed by atoms with Crippen molar-refractivity contribution in [3.8, 4) is 0 Å². The van der Waals surface area contributed by atoms with Crippen molar-refractivity contribution >= 4 is 17.6 Å². The molecule has 2 aromatic rings. The van der Waals surface area contributed by atoms with Crippen molar-refractivity contribution in [1.82, 2.24) is 15.0 Å². The standard InChI is InChI=1S/C10H10N4S/c1-11-9-7-8(3-6-12-9)15-10-13-4-2-5-14-10/h2-7H,1H3,(H,11,12). The minimum atomic E-state index is 0.741. The van der Waals surface area contributed by atoms with Crippen molar-refractivity contribution in [2.24, 2.45) is 0 Å². The molecule has 4 nitrogen and oxygen atoms in total. The van der Waals surface area contributed by atoms with Gasteiger partial charge < -0.3 is 5.32 Å². The van der Waals surface area contributed by atoms with Crippen molar-refractivity contribution in [2.45, 2.75) is 10.1 Å². The maximum absolute atomic E-state index is 4.14. The van der Waals surface area contributed by atoms with Gasteiger partial charge in [0.25, 0.3) is 0 Å². The Bertz CT molecular complexity index is 432. The van der Waals surface area contributed by atoms with E-state index in [-0.39, 0.29) is 0 Å². The normalized spacial score (nSPS) is 9.93. The van der Waals surface area contributed by atoms with Gasteiger partial charge in [0.05, 0.1) is 0 Å². The van der Waals surface area contributed by atoms with Crippen LogP contribution < -0.4 is 5.32 Å². The van der Waals surface area contributed by atoms with Gasteiger partial charge in [0.1, 0.15) is 5.82 Å². The molecule has 0 aliphatic heterocycles. The first kappa shape index (κ1) is 9.92. The average molecular weight is 218 g/mol. The highest BCUT2D eigenvalue weighted by molar-refractivity contribution is 7.99. The number of pyridine rings is 1. The topological polar surface area (TPSA) is 50.7 Å². The quantitative estimate of drug-likeness (QED) is 0.799. The number of anilines is 1. The lowest BCUT2D eigenvalue weighted by Gasteiger charge is -2.02. The Morgan fingerprint density at radius 1 is 1.13 bits per heavy atom. The van der Waals surface area contributed by atoms with Crippen molar-refractivity contribution in [2.75, 3.05) is 12.4 Å². The summed E-state index contributed by atoms with van der Waals surface area (Å²) in [5, 5.41) is 3.73. The predicted molar refractivity (Wildman–Crippen MR) is 59.9 cm³/mol. The van der Waals surface area contributed by atoms with Crippen LogP contribution in [0.1, 0.15) is 0 Å². The van der Waals surface area contributed by atoms with Gasteiger partial charge in [-0.1, -0.05) is 0 Å². The summed E-state index contributed by atoms with van der Waals surface area (Å²) in [4.78, 5) is 13.5.